The molecule has 0 aromatic heterocycles. The Morgan fingerprint density at radius 1 is 1.05 bits per heavy atom. The topological polar surface area (TPSA) is 24.1 Å². The first-order chi connectivity index (χ1) is 9.30. The van der Waals surface area contributed by atoms with Gasteiger partial charge >= 0.3 is 0 Å². The van der Waals surface area contributed by atoms with Crippen molar-refractivity contribution < 1.29 is 0 Å². The van der Waals surface area contributed by atoms with Crippen LogP contribution in [-0.2, 0) is 0 Å². The molecule has 0 radical (unpaired) electrons. The van der Waals surface area contributed by atoms with Crippen LogP contribution < -0.4 is 10.6 Å². The molecular formula is C17H34N2. The van der Waals surface area contributed by atoms with Crippen LogP contribution >= 0.6 is 0 Å². The van der Waals surface area contributed by atoms with Gasteiger partial charge in [0.15, 0.2) is 0 Å². The third-order valence-corrected chi connectivity index (χ3v) is 5.21. The second-order valence-electron chi connectivity index (χ2n) is 6.90. The van der Waals surface area contributed by atoms with Crippen LogP contribution in [0.2, 0.25) is 0 Å². The van der Waals surface area contributed by atoms with Crippen molar-refractivity contribution in [1.29, 1.82) is 0 Å². The Bertz CT molecular complexity index is 238. The van der Waals surface area contributed by atoms with Crippen molar-refractivity contribution in [3.05, 3.63) is 0 Å². The first kappa shape index (κ1) is 15.3. The van der Waals surface area contributed by atoms with Crippen molar-refractivity contribution >= 4 is 0 Å². The van der Waals surface area contributed by atoms with E-state index in [-0.39, 0.29) is 0 Å². The molecule has 1 aliphatic carbocycles. The Balaban J connectivity index is 1.74. The Hall–Kier alpha value is -0.0800. The zero-order chi connectivity index (χ0) is 13.6. The van der Waals surface area contributed by atoms with Crippen molar-refractivity contribution in [2.24, 2.45) is 5.41 Å². The van der Waals surface area contributed by atoms with Gasteiger partial charge in [-0.2, -0.15) is 0 Å². The summed E-state index contributed by atoms with van der Waals surface area (Å²) in [7, 11) is 0. The van der Waals surface area contributed by atoms with E-state index in [1.807, 2.05) is 0 Å². The molecule has 2 fully saturated rings. The maximum Gasteiger partial charge on any atom is 0.0263 e. The molecule has 0 aromatic carbocycles. The summed E-state index contributed by atoms with van der Waals surface area (Å²) >= 11 is 0. The molecule has 1 heterocycles. The van der Waals surface area contributed by atoms with Gasteiger partial charge in [0.1, 0.15) is 0 Å². The molecule has 2 aliphatic rings. The van der Waals surface area contributed by atoms with Gasteiger partial charge in [0.05, 0.1) is 0 Å². The zero-order valence-corrected chi connectivity index (χ0v) is 13.1. The zero-order valence-electron chi connectivity index (χ0n) is 13.1. The quantitative estimate of drug-likeness (QED) is 0.587. The second-order valence-corrected chi connectivity index (χ2v) is 6.90. The minimum Gasteiger partial charge on any atom is -0.315 e. The van der Waals surface area contributed by atoms with Crippen molar-refractivity contribution in [3.63, 3.8) is 0 Å². The van der Waals surface area contributed by atoms with E-state index in [1.54, 1.807) is 0 Å². The van der Waals surface area contributed by atoms with Gasteiger partial charge in [0.2, 0.25) is 0 Å². The van der Waals surface area contributed by atoms with Crippen LogP contribution in [0.5, 0.6) is 0 Å². The van der Waals surface area contributed by atoms with Gasteiger partial charge in [-0.15, -0.1) is 0 Å². The monoisotopic (exact) mass is 266 g/mol. The Morgan fingerprint density at radius 2 is 1.68 bits per heavy atom. The molecule has 1 saturated heterocycles. The number of hydrogen-bond acceptors (Lipinski definition) is 2. The van der Waals surface area contributed by atoms with Crippen molar-refractivity contribution in [1.82, 2.24) is 10.6 Å². The van der Waals surface area contributed by atoms with Crippen LogP contribution in [0.15, 0.2) is 0 Å². The molecular weight excluding hydrogens is 232 g/mol. The fraction of sp³-hybridized carbons (Fsp3) is 1.00. The molecule has 2 nitrogen and oxygen atoms in total. The lowest BCUT2D eigenvalue weighted by Gasteiger charge is -2.26. The Morgan fingerprint density at radius 3 is 2.21 bits per heavy atom. The van der Waals surface area contributed by atoms with E-state index in [9.17, 15) is 0 Å². The van der Waals surface area contributed by atoms with E-state index in [1.165, 1.54) is 77.3 Å². The molecule has 112 valence electrons. The summed E-state index contributed by atoms with van der Waals surface area (Å²) in [5.74, 6) is 0. The highest BCUT2D eigenvalue weighted by atomic mass is 15.1. The summed E-state index contributed by atoms with van der Waals surface area (Å²) in [4.78, 5) is 0. The van der Waals surface area contributed by atoms with Gasteiger partial charge in [0, 0.05) is 25.2 Å². The molecule has 2 heteroatoms. The lowest BCUT2D eigenvalue weighted by atomic mass is 9.96. The number of unbranched alkanes of at least 4 members (excludes halogenated alkanes) is 4. The number of rotatable bonds is 10. The Labute approximate surface area is 120 Å². The molecule has 19 heavy (non-hydrogen) atoms. The average molecular weight is 266 g/mol. The molecule has 1 atom stereocenters. The summed E-state index contributed by atoms with van der Waals surface area (Å²) in [5, 5.41) is 7.63. The van der Waals surface area contributed by atoms with Gasteiger partial charge in [-0.1, -0.05) is 52.4 Å². The summed E-state index contributed by atoms with van der Waals surface area (Å²) in [5.41, 5.74) is 0.660. The lowest BCUT2D eigenvalue weighted by Crippen LogP contribution is -2.43. The maximum atomic E-state index is 4.02. The van der Waals surface area contributed by atoms with Gasteiger partial charge in [-0.05, 0) is 31.1 Å². The lowest BCUT2D eigenvalue weighted by molar-refractivity contribution is 0.325. The van der Waals surface area contributed by atoms with Gasteiger partial charge in [-0.25, -0.2) is 0 Å². The van der Waals surface area contributed by atoms with E-state index in [0.717, 1.165) is 12.1 Å². The predicted octanol–water partition coefficient (Wildman–Crippen LogP) is 3.86. The molecule has 2 N–H and O–H groups in total. The molecule has 1 spiro atoms. The minimum atomic E-state index is 0.660. The summed E-state index contributed by atoms with van der Waals surface area (Å²) in [6.07, 6.45) is 14.0. The Kier molecular flexibility index (Phi) is 6.15. The molecule has 0 unspecified atom stereocenters. The highest BCUT2D eigenvalue weighted by Crippen LogP contribution is 2.50. The van der Waals surface area contributed by atoms with Crippen LogP contribution in [0.25, 0.3) is 0 Å². The molecule has 2 rings (SSSR count). The van der Waals surface area contributed by atoms with E-state index < -0.39 is 0 Å². The summed E-state index contributed by atoms with van der Waals surface area (Å²) in [6, 6.07) is 1.54. The first-order valence-electron chi connectivity index (χ1n) is 8.77. The van der Waals surface area contributed by atoms with E-state index >= 15 is 0 Å². The predicted molar refractivity (Wildman–Crippen MR) is 83.5 cm³/mol. The summed E-state index contributed by atoms with van der Waals surface area (Å²) < 4.78 is 0. The van der Waals surface area contributed by atoms with E-state index in [2.05, 4.69) is 24.5 Å². The van der Waals surface area contributed by atoms with Crippen LogP contribution in [0, 0.1) is 5.41 Å². The minimum absolute atomic E-state index is 0.660. The highest BCUT2D eigenvalue weighted by molar-refractivity contribution is 5.09. The smallest absolute Gasteiger partial charge is 0.0263 e. The highest BCUT2D eigenvalue weighted by Gasteiger charge is 2.52. The fourth-order valence-corrected chi connectivity index (χ4v) is 3.60. The molecule has 0 aromatic rings. The molecule has 1 aliphatic heterocycles. The van der Waals surface area contributed by atoms with Crippen molar-refractivity contribution in [2.75, 3.05) is 13.1 Å². The van der Waals surface area contributed by atoms with Crippen LogP contribution in [-0.4, -0.2) is 25.2 Å². The largest absolute Gasteiger partial charge is 0.315 e. The maximum absolute atomic E-state index is 4.02. The van der Waals surface area contributed by atoms with Crippen molar-refractivity contribution in [2.45, 2.75) is 90.1 Å². The standard InChI is InChI=1S/C17H34N2/c1-3-5-7-9-15(10-8-6-4-2)19-16-13-18-14-17(16)11-12-17/h15-16,18-19H,3-14H2,1-2H3/t16-/m0/s1. The van der Waals surface area contributed by atoms with Crippen molar-refractivity contribution in [3.8, 4) is 0 Å². The van der Waals surface area contributed by atoms with Gasteiger partial charge in [0.25, 0.3) is 0 Å². The SMILES string of the molecule is CCCCCC(CCCCC)N[C@H]1CNCC12CC2. The van der Waals surface area contributed by atoms with Gasteiger partial charge in [-0.3, -0.25) is 0 Å². The average Bonchev–Trinajstić information content (AvgIpc) is 3.08. The van der Waals surface area contributed by atoms with Crippen LogP contribution in [0.4, 0.5) is 0 Å². The third kappa shape index (κ3) is 4.46. The molecule has 0 amide bonds. The molecule has 1 saturated carbocycles. The second kappa shape index (κ2) is 7.64. The number of hydrogen-bond donors (Lipinski definition) is 2. The van der Waals surface area contributed by atoms with Gasteiger partial charge < -0.3 is 10.6 Å². The first-order valence-corrected chi connectivity index (χ1v) is 8.77. The fourth-order valence-electron chi connectivity index (χ4n) is 3.60. The van der Waals surface area contributed by atoms with E-state index in [4.69, 9.17) is 0 Å². The summed E-state index contributed by atoms with van der Waals surface area (Å²) in [6.45, 7) is 7.08. The van der Waals surface area contributed by atoms with Crippen LogP contribution in [0.1, 0.15) is 78.1 Å². The number of nitrogens with one attached hydrogen (secondary N) is 2. The normalized spacial score (nSPS) is 24.5. The molecule has 0 bridgehead atoms. The van der Waals surface area contributed by atoms with E-state index in [0.29, 0.717) is 5.41 Å². The van der Waals surface area contributed by atoms with Crippen LogP contribution in [0.3, 0.4) is 0 Å². The third-order valence-electron chi connectivity index (χ3n) is 5.21.